The summed E-state index contributed by atoms with van der Waals surface area (Å²) in [5.74, 6) is 0.824. The number of hydrogen-bond acceptors (Lipinski definition) is 5. The van der Waals surface area contributed by atoms with E-state index in [9.17, 15) is 4.79 Å². The number of aromatic nitrogens is 2. The number of carbonyl (C=O) groups is 1. The second kappa shape index (κ2) is 5.23. The largest absolute Gasteiger partial charge is 0.381 e. The van der Waals surface area contributed by atoms with Crippen LogP contribution in [-0.4, -0.2) is 43.1 Å². The van der Waals surface area contributed by atoms with Crippen molar-refractivity contribution in [1.82, 2.24) is 9.97 Å². The van der Waals surface area contributed by atoms with E-state index in [1.807, 2.05) is 19.0 Å². The van der Waals surface area contributed by atoms with Crippen LogP contribution < -0.4 is 4.90 Å². The fourth-order valence-corrected chi connectivity index (χ4v) is 1.87. The molecule has 0 aromatic carbocycles. The van der Waals surface area contributed by atoms with E-state index >= 15 is 0 Å². The summed E-state index contributed by atoms with van der Waals surface area (Å²) in [4.78, 5) is 22.3. The molecule has 1 aromatic rings. The third kappa shape index (κ3) is 2.79. The number of hydrogen-bond donors (Lipinski definition) is 0. The summed E-state index contributed by atoms with van der Waals surface area (Å²) in [7, 11) is 3.74. The second-order valence-electron chi connectivity index (χ2n) is 4.42. The number of carbonyl (C=O) groups excluding carboxylic acids is 1. The Morgan fingerprint density at radius 3 is 2.41 bits per heavy atom. The Kier molecular flexibility index (Phi) is 3.68. The van der Waals surface area contributed by atoms with Gasteiger partial charge in [-0.15, -0.1) is 0 Å². The third-order valence-corrected chi connectivity index (χ3v) is 2.91. The van der Waals surface area contributed by atoms with Crippen molar-refractivity contribution in [3.8, 4) is 0 Å². The Morgan fingerprint density at radius 2 is 1.88 bits per heavy atom. The zero-order chi connectivity index (χ0) is 12.3. The first-order valence-electron chi connectivity index (χ1n) is 5.80. The average Bonchev–Trinajstić information content (AvgIpc) is 2.39. The molecule has 0 bridgehead atoms. The summed E-state index contributed by atoms with van der Waals surface area (Å²) in [6, 6.07) is 0. The predicted molar refractivity (Wildman–Crippen MR) is 64.2 cm³/mol. The molecule has 0 aliphatic carbocycles. The van der Waals surface area contributed by atoms with Crippen LogP contribution >= 0.6 is 0 Å². The molecule has 1 fully saturated rings. The molecule has 1 aromatic heterocycles. The molecule has 0 atom stereocenters. The predicted octanol–water partition coefficient (Wildman–Crippen LogP) is 1.15. The van der Waals surface area contributed by atoms with E-state index in [1.165, 1.54) is 0 Å². The van der Waals surface area contributed by atoms with Gasteiger partial charge in [0.1, 0.15) is 0 Å². The highest BCUT2D eigenvalue weighted by molar-refractivity contribution is 5.97. The van der Waals surface area contributed by atoms with E-state index in [4.69, 9.17) is 4.74 Å². The third-order valence-electron chi connectivity index (χ3n) is 2.91. The van der Waals surface area contributed by atoms with Gasteiger partial charge in [-0.3, -0.25) is 4.79 Å². The minimum absolute atomic E-state index is 0.0672. The van der Waals surface area contributed by atoms with Crippen molar-refractivity contribution < 1.29 is 9.53 Å². The van der Waals surface area contributed by atoms with Crippen molar-refractivity contribution in [3.05, 3.63) is 18.0 Å². The molecule has 0 saturated carbocycles. The van der Waals surface area contributed by atoms with Gasteiger partial charge >= 0.3 is 0 Å². The molecule has 17 heavy (non-hydrogen) atoms. The quantitative estimate of drug-likeness (QED) is 0.736. The Bertz CT molecular complexity index is 383. The lowest BCUT2D eigenvalue weighted by molar-refractivity contribution is 0.0544. The van der Waals surface area contributed by atoms with Gasteiger partial charge in [-0.25, -0.2) is 9.97 Å². The van der Waals surface area contributed by atoms with Gasteiger partial charge in [0.2, 0.25) is 5.95 Å². The van der Waals surface area contributed by atoms with Crippen molar-refractivity contribution >= 4 is 11.7 Å². The summed E-state index contributed by atoms with van der Waals surface area (Å²) in [5, 5.41) is 0. The molecule has 1 aliphatic heterocycles. The van der Waals surface area contributed by atoms with Crippen LogP contribution in [0.5, 0.6) is 0 Å². The lowest BCUT2D eigenvalue weighted by Gasteiger charge is -2.20. The van der Waals surface area contributed by atoms with Crippen LogP contribution in [0.2, 0.25) is 0 Å². The van der Waals surface area contributed by atoms with Gasteiger partial charge in [0.05, 0.1) is 5.56 Å². The lowest BCUT2D eigenvalue weighted by Crippen LogP contribution is -2.24. The molecule has 0 amide bonds. The summed E-state index contributed by atoms with van der Waals surface area (Å²) >= 11 is 0. The van der Waals surface area contributed by atoms with E-state index in [0.29, 0.717) is 24.7 Å². The van der Waals surface area contributed by atoms with Crippen LogP contribution in [-0.2, 0) is 4.74 Å². The molecule has 0 N–H and O–H groups in total. The molecule has 5 heteroatoms. The molecule has 92 valence electrons. The molecular formula is C12H17N3O2. The molecule has 0 unspecified atom stereocenters. The van der Waals surface area contributed by atoms with Crippen LogP contribution in [0.3, 0.4) is 0 Å². The SMILES string of the molecule is CN(C)c1ncc(C(=O)C2CCOCC2)cn1. The first-order chi connectivity index (χ1) is 8.18. The molecule has 5 nitrogen and oxygen atoms in total. The van der Waals surface area contributed by atoms with Gasteiger partial charge in [-0.05, 0) is 12.8 Å². The first kappa shape index (κ1) is 12.0. The molecule has 1 aliphatic rings. The number of Topliss-reactive ketones (excluding diaryl/α,β-unsaturated/α-hetero) is 1. The van der Waals surface area contributed by atoms with E-state index < -0.39 is 0 Å². The Hall–Kier alpha value is -1.49. The lowest BCUT2D eigenvalue weighted by atomic mass is 9.92. The van der Waals surface area contributed by atoms with E-state index in [-0.39, 0.29) is 11.7 Å². The van der Waals surface area contributed by atoms with Gasteiger partial charge in [0, 0.05) is 45.6 Å². The first-order valence-corrected chi connectivity index (χ1v) is 5.80. The van der Waals surface area contributed by atoms with Gasteiger partial charge in [-0.2, -0.15) is 0 Å². The van der Waals surface area contributed by atoms with Crippen molar-refractivity contribution in [2.45, 2.75) is 12.8 Å². The zero-order valence-corrected chi connectivity index (χ0v) is 10.2. The van der Waals surface area contributed by atoms with Crippen LogP contribution in [0.25, 0.3) is 0 Å². The van der Waals surface area contributed by atoms with E-state index in [0.717, 1.165) is 12.8 Å². The summed E-state index contributed by atoms with van der Waals surface area (Å²) in [6.45, 7) is 1.35. The topological polar surface area (TPSA) is 55.3 Å². The van der Waals surface area contributed by atoms with E-state index in [1.54, 1.807) is 12.4 Å². The van der Waals surface area contributed by atoms with Crippen LogP contribution in [0.15, 0.2) is 12.4 Å². The maximum Gasteiger partial charge on any atom is 0.224 e. The van der Waals surface area contributed by atoms with Crippen molar-refractivity contribution in [2.24, 2.45) is 5.92 Å². The Labute approximate surface area is 101 Å². The smallest absolute Gasteiger partial charge is 0.224 e. The maximum atomic E-state index is 12.1. The summed E-state index contributed by atoms with van der Waals surface area (Å²) < 4.78 is 5.25. The molecule has 2 heterocycles. The summed E-state index contributed by atoms with van der Waals surface area (Å²) in [6.07, 6.45) is 4.82. The fraction of sp³-hybridized carbons (Fsp3) is 0.583. The van der Waals surface area contributed by atoms with Crippen molar-refractivity contribution in [1.29, 1.82) is 0 Å². The normalized spacial score (nSPS) is 16.8. The fourth-order valence-electron chi connectivity index (χ4n) is 1.87. The standard InChI is InChI=1S/C12H17N3O2/c1-15(2)12-13-7-10(8-14-12)11(16)9-3-5-17-6-4-9/h7-9H,3-6H2,1-2H3. The Balaban J connectivity index is 2.08. The van der Waals surface area contributed by atoms with Gasteiger partial charge in [0.25, 0.3) is 0 Å². The Morgan fingerprint density at radius 1 is 1.29 bits per heavy atom. The maximum absolute atomic E-state index is 12.1. The van der Waals surface area contributed by atoms with Crippen LogP contribution in [0.4, 0.5) is 5.95 Å². The highest BCUT2D eigenvalue weighted by Crippen LogP contribution is 2.19. The highest BCUT2D eigenvalue weighted by atomic mass is 16.5. The molecular weight excluding hydrogens is 218 g/mol. The van der Waals surface area contributed by atoms with Crippen molar-refractivity contribution in [3.63, 3.8) is 0 Å². The highest BCUT2D eigenvalue weighted by Gasteiger charge is 2.23. The summed E-state index contributed by atoms with van der Waals surface area (Å²) in [5.41, 5.74) is 0.600. The molecule has 2 rings (SSSR count). The number of rotatable bonds is 3. The average molecular weight is 235 g/mol. The molecule has 0 spiro atoms. The molecule has 0 radical (unpaired) electrons. The minimum Gasteiger partial charge on any atom is -0.381 e. The number of ketones is 1. The number of anilines is 1. The monoisotopic (exact) mass is 235 g/mol. The van der Waals surface area contributed by atoms with E-state index in [2.05, 4.69) is 9.97 Å². The minimum atomic E-state index is 0.0672. The van der Waals surface area contributed by atoms with Crippen molar-refractivity contribution in [2.75, 3.05) is 32.2 Å². The van der Waals surface area contributed by atoms with Gasteiger partial charge in [0.15, 0.2) is 5.78 Å². The van der Waals surface area contributed by atoms with Gasteiger partial charge < -0.3 is 9.64 Å². The second-order valence-corrected chi connectivity index (χ2v) is 4.42. The zero-order valence-electron chi connectivity index (χ0n) is 10.2. The molecule has 1 saturated heterocycles. The number of ether oxygens (including phenoxy) is 1. The van der Waals surface area contributed by atoms with Crippen LogP contribution in [0, 0.1) is 5.92 Å². The van der Waals surface area contributed by atoms with Gasteiger partial charge in [-0.1, -0.05) is 0 Å². The van der Waals surface area contributed by atoms with Crippen LogP contribution in [0.1, 0.15) is 23.2 Å². The number of nitrogens with zero attached hydrogens (tertiary/aromatic N) is 3.